The van der Waals surface area contributed by atoms with Crippen LogP contribution in [0.2, 0.25) is 0 Å². The molecule has 7 heteroatoms. The highest BCUT2D eigenvalue weighted by Gasteiger charge is 2.14. The maximum absolute atomic E-state index is 12.9. The molecule has 0 aliphatic carbocycles. The van der Waals surface area contributed by atoms with E-state index in [0.717, 1.165) is 0 Å². The lowest BCUT2D eigenvalue weighted by Gasteiger charge is -2.00. The number of aromatic nitrogens is 2. The molecule has 0 spiro atoms. The van der Waals surface area contributed by atoms with Crippen molar-refractivity contribution in [2.45, 2.75) is 0 Å². The number of halogens is 2. The van der Waals surface area contributed by atoms with E-state index in [1.807, 2.05) is 0 Å². The van der Waals surface area contributed by atoms with Crippen molar-refractivity contribution in [1.82, 2.24) is 15.2 Å². The molecule has 0 radical (unpaired) electrons. The summed E-state index contributed by atoms with van der Waals surface area (Å²) in [6, 6.07) is 5.90. The van der Waals surface area contributed by atoms with Crippen LogP contribution in [0.25, 0.3) is 0 Å². The van der Waals surface area contributed by atoms with Gasteiger partial charge < -0.3 is 0 Å². The monoisotopic (exact) mass is 324 g/mol. The van der Waals surface area contributed by atoms with Gasteiger partial charge in [-0.25, -0.2) is 9.82 Å². The highest BCUT2D eigenvalue weighted by atomic mass is 79.9. The normalized spacial score (nSPS) is 10.9. The molecule has 19 heavy (non-hydrogen) atoms. The van der Waals surface area contributed by atoms with Crippen molar-refractivity contribution in [2.24, 2.45) is 12.1 Å². The summed E-state index contributed by atoms with van der Waals surface area (Å²) >= 11 is 3.22. The van der Waals surface area contributed by atoms with Gasteiger partial charge >= 0.3 is 0 Å². The number of carbonyl (C=O) groups excluding carboxylic acids is 1. The van der Waals surface area contributed by atoms with Crippen LogP contribution in [-0.2, 0) is 7.05 Å². The molecule has 0 atom stereocenters. The standard InChI is InChI=1S/C12H10BrFN4O/c1-18-11(10(13)7-16-18)12(19)17-15-6-8-3-2-4-9(14)5-8/h2-7H,1H3,(H,17,19). The van der Waals surface area contributed by atoms with Crippen LogP contribution in [0, 0.1) is 5.82 Å². The van der Waals surface area contributed by atoms with Crippen molar-refractivity contribution in [1.29, 1.82) is 0 Å². The van der Waals surface area contributed by atoms with Crippen molar-refractivity contribution >= 4 is 28.1 Å². The number of amides is 1. The van der Waals surface area contributed by atoms with Gasteiger partial charge in [-0.05, 0) is 33.6 Å². The van der Waals surface area contributed by atoms with Crippen LogP contribution < -0.4 is 5.43 Å². The van der Waals surface area contributed by atoms with E-state index in [0.29, 0.717) is 15.7 Å². The largest absolute Gasteiger partial charge is 0.290 e. The molecule has 2 aromatic rings. The first-order chi connectivity index (χ1) is 9.08. The number of hydrazone groups is 1. The van der Waals surface area contributed by atoms with Crippen molar-refractivity contribution in [3.05, 3.63) is 52.0 Å². The van der Waals surface area contributed by atoms with Crippen LogP contribution in [-0.4, -0.2) is 21.9 Å². The van der Waals surface area contributed by atoms with E-state index in [1.54, 1.807) is 19.2 Å². The summed E-state index contributed by atoms with van der Waals surface area (Å²) in [5.41, 5.74) is 3.27. The Morgan fingerprint density at radius 2 is 2.37 bits per heavy atom. The van der Waals surface area contributed by atoms with Crippen LogP contribution in [0.1, 0.15) is 16.1 Å². The summed E-state index contributed by atoms with van der Waals surface area (Å²) in [7, 11) is 1.65. The number of nitrogens with one attached hydrogen (secondary N) is 1. The number of rotatable bonds is 3. The van der Waals surface area contributed by atoms with E-state index in [9.17, 15) is 9.18 Å². The quantitative estimate of drug-likeness (QED) is 0.694. The molecule has 0 aliphatic rings. The predicted octanol–water partition coefficient (Wildman–Crippen LogP) is 2.09. The zero-order chi connectivity index (χ0) is 13.8. The minimum absolute atomic E-state index is 0.357. The van der Waals surface area contributed by atoms with Crippen molar-refractivity contribution in [3.8, 4) is 0 Å². The molecule has 0 aliphatic heterocycles. The van der Waals surface area contributed by atoms with Gasteiger partial charge in [0.2, 0.25) is 0 Å². The maximum atomic E-state index is 12.9. The molecular formula is C12H10BrFN4O. The molecule has 1 heterocycles. The van der Waals surface area contributed by atoms with Crippen molar-refractivity contribution in [3.63, 3.8) is 0 Å². The molecule has 0 saturated carbocycles. The van der Waals surface area contributed by atoms with Gasteiger partial charge in [0.1, 0.15) is 11.5 Å². The lowest BCUT2D eigenvalue weighted by atomic mass is 10.2. The summed E-state index contributed by atoms with van der Waals surface area (Å²) in [5, 5.41) is 7.69. The fourth-order valence-electron chi connectivity index (χ4n) is 1.47. The Morgan fingerprint density at radius 3 is 3.00 bits per heavy atom. The van der Waals surface area contributed by atoms with Gasteiger partial charge in [0, 0.05) is 7.05 Å². The van der Waals surface area contributed by atoms with Crippen molar-refractivity contribution in [2.75, 3.05) is 0 Å². The summed E-state index contributed by atoms with van der Waals surface area (Å²) in [6.07, 6.45) is 2.89. The fraction of sp³-hybridized carbons (Fsp3) is 0.0833. The van der Waals surface area contributed by atoms with Crippen LogP contribution in [0.3, 0.4) is 0 Å². The topological polar surface area (TPSA) is 59.3 Å². The van der Waals surface area contributed by atoms with Gasteiger partial charge in [-0.2, -0.15) is 10.2 Å². The van der Waals surface area contributed by atoms with E-state index in [2.05, 4.69) is 31.6 Å². The van der Waals surface area contributed by atoms with E-state index >= 15 is 0 Å². The van der Waals surface area contributed by atoms with Gasteiger partial charge in [0.05, 0.1) is 16.9 Å². The Balaban J connectivity index is 2.05. The third-order valence-electron chi connectivity index (χ3n) is 2.34. The zero-order valence-electron chi connectivity index (χ0n) is 9.97. The Bertz CT molecular complexity index is 619. The first-order valence-corrected chi connectivity index (χ1v) is 6.13. The summed E-state index contributed by atoms with van der Waals surface area (Å²) < 4.78 is 14.9. The molecule has 0 fully saturated rings. The molecular weight excluding hydrogens is 315 g/mol. The Morgan fingerprint density at radius 1 is 1.58 bits per heavy atom. The van der Waals surface area contributed by atoms with Gasteiger partial charge in [0.15, 0.2) is 0 Å². The predicted molar refractivity (Wildman–Crippen MR) is 72.4 cm³/mol. The summed E-state index contributed by atoms with van der Waals surface area (Å²) in [4.78, 5) is 11.8. The zero-order valence-corrected chi connectivity index (χ0v) is 11.6. The lowest BCUT2D eigenvalue weighted by Crippen LogP contribution is -2.21. The van der Waals surface area contributed by atoms with Crippen LogP contribution >= 0.6 is 15.9 Å². The maximum Gasteiger partial charge on any atom is 0.290 e. The molecule has 5 nitrogen and oxygen atoms in total. The first-order valence-electron chi connectivity index (χ1n) is 5.34. The van der Waals surface area contributed by atoms with E-state index in [4.69, 9.17) is 0 Å². The minimum Gasteiger partial charge on any atom is -0.266 e. The Labute approximate surface area is 117 Å². The SMILES string of the molecule is Cn1ncc(Br)c1C(=O)NN=Cc1cccc(F)c1. The van der Waals surface area contributed by atoms with Gasteiger partial charge in [-0.1, -0.05) is 12.1 Å². The highest BCUT2D eigenvalue weighted by Crippen LogP contribution is 2.14. The molecule has 0 bridgehead atoms. The van der Waals surface area contributed by atoms with Crippen LogP contribution in [0.15, 0.2) is 40.0 Å². The van der Waals surface area contributed by atoms with Crippen LogP contribution in [0.5, 0.6) is 0 Å². The summed E-state index contributed by atoms with van der Waals surface area (Å²) in [6.45, 7) is 0. The first kappa shape index (κ1) is 13.4. The fourth-order valence-corrected chi connectivity index (χ4v) is 2.00. The molecule has 1 aromatic carbocycles. The summed E-state index contributed by atoms with van der Waals surface area (Å²) in [5.74, 6) is -0.760. The van der Waals surface area contributed by atoms with E-state index in [-0.39, 0.29) is 5.82 Å². The molecule has 1 amide bonds. The third kappa shape index (κ3) is 3.25. The number of aryl methyl sites for hydroxylation is 1. The molecule has 0 unspecified atom stereocenters. The second-order valence-corrected chi connectivity index (χ2v) is 4.57. The molecule has 98 valence electrons. The van der Waals surface area contributed by atoms with E-state index < -0.39 is 5.91 Å². The molecule has 1 aromatic heterocycles. The second-order valence-electron chi connectivity index (χ2n) is 3.72. The van der Waals surface area contributed by atoms with Gasteiger partial charge in [0.25, 0.3) is 5.91 Å². The van der Waals surface area contributed by atoms with Crippen molar-refractivity contribution < 1.29 is 9.18 Å². The average Bonchev–Trinajstić information content (AvgIpc) is 2.69. The minimum atomic E-state index is -0.403. The number of benzene rings is 1. The molecule has 2 rings (SSSR count). The average molecular weight is 325 g/mol. The molecule has 0 saturated heterocycles. The number of hydrogen-bond donors (Lipinski definition) is 1. The van der Waals surface area contributed by atoms with Gasteiger partial charge in [-0.15, -0.1) is 0 Å². The Kier molecular flexibility index (Phi) is 4.06. The van der Waals surface area contributed by atoms with Crippen LogP contribution in [0.4, 0.5) is 4.39 Å². The number of nitrogens with zero attached hydrogens (tertiary/aromatic N) is 3. The Hall–Kier alpha value is -2.02. The number of carbonyl (C=O) groups is 1. The van der Waals surface area contributed by atoms with Gasteiger partial charge in [-0.3, -0.25) is 9.48 Å². The smallest absolute Gasteiger partial charge is 0.266 e. The lowest BCUT2D eigenvalue weighted by molar-refractivity contribution is 0.0945. The second kappa shape index (κ2) is 5.75. The van der Waals surface area contributed by atoms with E-state index in [1.165, 1.54) is 29.2 Å². The number of hydrogen-bond acceptors (Lipinski definition) is 3. The third-order valence-corrected chi connectivity index (χ3v) is 2.92. The highest BCUT2D eigenvalue weighted by molar-refractivity contribution is 9.10. The molecule has 1 N–H and O–H groups in total.